The zero-order valence-electron chi connectivity index (χ0n) is 9.78. The lowest BCUT2D eigenvalue weighted by molar-refractivity contribution is 0.414. The van der Waals surface area contributed by atoms with Gasteiger partial charge in [-0.15, -0.1) is 0 Å². The van der Waals surface area contributed by atoms with E-state index in [0.717, 1.165) is 23.1 Å². The highest BCUT2D eigenvalue weighted by Crippen LogP contribution is 2.25. The molecule has 16 heavy (non-hydrogen) atoms. The van der Waals surface area contributed by atoms with E-state index in [1.165, 1.54) is 5.56 Å². The maximum absolute atomic E-state index is 5.17. The van der Waals surface area contributed by atoms with Crippen molar-refractivity contribution in [3.63, 3.8) is 0 Å². The summed E-state index contributed by atoms with van der Waals surface area (Å²) in [5, 5.41) is 4.95. The second-order valence-corrected chi connectivity index (χ2v) is 5.31. The van der Waals surface area contributed by atoms with Crippen LogP contribution in [0, 0.1) is 6.92 Å². The quantitative estimate of drug-likeness (QED) is 0.857. The largest absolute Gasteiger partial charge is 0.497 e. The Labute approximate surface area is 100 Å². The van der Waals surface area contributed by atoms with E-state index in [-0.39, 0.29) is 0 Å². The van der Waals surface area contributed by atoms with Gasteiger partial charge in [0.15, 0.2) is 5.17 Å². The van der Waals surface area contributed by atoms with E-state index in [1.807, 2.05) is 18.2 Å². The van der Waals surface area contributed by atoms with Gasteiger partial charge in [-0.1, -0.05) is 18.7 Å². The Morgan fingerprint density at radius 1 is 1.50 bits per heavy atom. The Kier molecular flexibility index (Phi) is 3.39. The predicted octanol–water partition coefficient (Wildman–Crippen LogP) is 2.91. The summed E-state index contributed by atoms with van der Waals surface area (Å²) in [5.41, 5.74) is 2.27. The molecule has 86 valence electrons. The summed E-state index contributed by atoms with van der Waals surface area (Å²) in [6, 6.07) is 6.01. The molecule has 4 heteroatoms. The number of rotatable bonds is 2. The zero-order chi connectivity index (χ0) is 11.5. The van der Waals surface area contributed by atoms with Gasteiger partial charge in [0.05, 0.1) is 13.7 Å². The molecule has 1 aliphatic rings. The van der Waals surface area contributed by atoms with Crippen molar-refractivity contribution in [3.8, 4) is 5.75 Å². The number of aryl methyl sites for hydroxylation is 1. The molecule has 0 spiro atoms. The minimum atomic E-state index is 0.584. The fourth-order valence-corrected chi connectivity index (χ4v) is 2.41. The smallest absolute Gasteiger partial charge is 0.161 e. The van der Waals surface area contributed by atoms with Crippen molar-refractivity contribution in [2.24, 2.45) is 4.99 Å². The molecule has 0 saturated carbocycles. The van der Waals surface area contributed by atoms with Gasteiger partial charge in [-0.2, -0.15) is 0 Å². The molecule has 1 unspecified atom stereocenters. The van der Waals surface area contributed by atoms with Crippen molar-refractivity contribution < 1.29 is 4.74 Å². The summed E-state index contributed by atoms with van der Waals surface area (Å²) in [5.74, 6) is 0.887. The number of methoxy groups -OCH3 is 1. The topological polar surface area (TPSA) is 33.6 Å². The van der Waals surface area contributed by atoms with Crippen LogP contribution in [-0.4, -0.2) is 24.1 Å². The summed E-state index contributed by atoms with van der Waals surface area (Å²) in [6.45, 7) is 5.15. The first-order chi connectivity index (χ1) is 7.69. The Balaban J connectivity index is 2.10. The van der Waals surface area contributed by atoms with Crippen LogP contribution in [0.1, 0.15) is 12.5 Å². The first kappa shape index (κ1) is 11.3. The molecule has 0 saturated heterocycles. The fraction of sp³-hybridized carbons (Fsp3) is 0.417. The molecule has 1 N–H and O–H groups in total. The standard InChI is InChI=1S/C12H16N2OS/c1-8-6-10(15-3)4-5-11(8)14-12-13-7-9(2)16-12/h4-6,9H,7H2,1-3H3,(H,13,14). The molecule has 0 amide bonds. The Hall–Kier alpha value is -1.16. The van der Waals surface area contributed by atoms with Crippen LogP contribution in [0.25, 0.3) is 0 Å². The first-order valence-electron chi connectivity index (χ1n) is 5.32. The maximum atomic E-state index is 5.17. The molecular formula is C12H16N2OS. The van der Waals surface area contributed by atoms with Gasteiger partial charge in [0.2, 0.25) is 0 Å². The monoisotopic (exact) mass is 236 g/mol. The van der Waals surface area contributed by atoms with Gasteiger partial charge < -0.3 is 10.1 Å². The Bertz CT molecular complexity index is 417. The normalized spacial score (nSPS) is 19.4. The van der Waals surface area contributed by atoms with Crippen LogP contribution < -0.4 is 10.1 Å². The van der Waals surface area contributed by atoms with Gasteiger partial charge in [0.1, 0.15) is 5.75 Å². The van der Waals surface area contributed by atoms with Gasteiger partial charge in [-0.25, -0.2) is 0 Å². The number of hydrogen-bond donors (Lipinski definition) is 1. The summed E-state index contributed by atoms with van der Waals surface area (Å²) in [6.07, 6.45) is 0. The molecule has 1 aliphatic heterocycles. The number of hydrogen-bond acceptors (Lipinski definition) is 4. The SMILES string of the molecule is COc1ccc(NC2=NCC(C)S2)c(C)c1. The minimum Gasteiger partial charge on any atom is -0.497 e. The van der Waals surface area contributed by atoms with Crippen LogP contribution >= 0.6 is 11.8 Å². The number of amidine groups is 1. The number of ether oxygens (including phenoxy) is 1. The van der Waals surface area contributed by atoms with Crippen LogP contribution in [0.15, 0.2) is 23.2 Å². The number of nitrogens with one attached hydrogen (secondary N) is 1. The van der Waals surface area contributed by atoms with Crippen LogP contribution in [0.2, 0.25) is 0 Å². The van der Waals surface area contributed by atoms with Gasteiger partial charge in [0.25, 0.3) is 0 Å². The molecule has 0 aliphatic carbocycles. The maximum Gasteiger partial charge on any atom is 0.161 e. The molecule has 0 bridgehead atoms. The summed E-state index contributed by atoms with van der Waals surface area (Å²) >= 11 is 1.79. The molecule has 0 fully saturated rings. The number of anilines is 1. The molecule has 0 aromatic heterocycles. The van der Waals surface area contributed by atoms with Crippen LogP contribution in [-0.2, 0) is 0 Å². The van der Waals surface area contributed by atoms with Crippen molar-refractivity contribution in [1.82, 2.24) is 0 Å². The van der Waals surface area contributed by atoms with Crippen molar-refractivity contribution in [3.05, 3.63) is 23.8 Å². The van der Waals surface area contributed by atoms with Crippen LogP contribution in [0.4, 0.5) is 5.69 Å². The van der Waals surface area contributed by atoms with Gasteiger partial charge in [-0.05, 0) is 30.7 Å². The summed E-state index contributed by atoms with van der Waals surface area (Å²) < 4.78 is 5.17. The lowest BCUT2D eigenvalue weighted by Crippen LogP contribution is -2.07. The highest BCUT2D eigenvalue weighted by Gasteiger charge is 2.15. The highest BCUT2D eigenvalue weighted by molar-refractivity contribution is 8.15. The van der Waals surface area contributed by atoms with E-state index >= 15 is 0 Å². The van der Waals surface area contributed by atoms with E-state index in [9.17, 15) is 0 Å². The number of aliphatic imine (C=N–C) groups is 1. The molecule has 3 nitrogen and oxygen atoms in total. The molecule has 1 heterocycles. The highest BCUT2D eigenvalue weighted by atomic mass is 32.2. The average Bonchev–Trinajstić information content (AvgIpc) is 2.67. The Morgan fingerprint density at radius 2 is 2.31 bits per heavy atom. The van der Waals surface area contributed by atoms with Crippen LogP contribution in [0.5, 0.6) is 5.75 Å². The van der Waals surface area contributed by atoms with Crippen molar-refractivity contribution >= 4 is 22.6 Å². The van der Waals surface area contributed by atoms with Crippen molar-refractivity contribution in [1.29, 1.82) is 0 Å². The number of nitrogens with zero attached hydrogens (tertiary/aromatic N) is 1. The van der Waals surface area contributed by atoms with E-state index in [1.54, 1.807) is 18.9 Å². The third-order valence-electron chi connectivity index (χ3n) is 2.48. The van der Waals surface area contributed by atoms with E-state index in [4.69, 9.17) is 4.74 Å². The summed E-state index contributed by atoms with van der Waals surface area (Å²) in [7, 11) is 1.68. The third kappa shape index (κ3) is 2.50. The molecule has 1 atom stereocenters. The zero-order valence-corrected chi connectivity index (χ0v) is 10.6. The summed E-state index contributed by atoms with van der Waals surface area (Å²) in [4.78, 5) is 4.43. The van der Waals surface area contributed by atoms with Crippen LogP contribution in [0.3, 0.4) is 0 Å². The fourth-order valence-electron chi connectivity index (χ4n) is 1.56. The average molecular weight is 236 g/mol. The number of thioether (sulfide) groups is 1. The third-order valence-corrected chi connectivity index (χ3v) is 3.49. The van der Waals surface area contributed by atoms with Gasteiger partial charge >= 0.3 is 0 Å². The lowest BCUT2D eigenvalue weighted by Gasteiger charge is -2.10. The molecule has 0 radical (unpaired) electrons. The molecular weight excluding hydrogens is 220 g/mol. The minimum absolute atomic E-state index is 0.584. The van der Waals surface area contributed by atoms with Gasteiger partial charge in [-0.3, -0.25) is 4.99 Å². The van der Waals surface area contributed by atoms with E-state index in [0.29, 0.717) is 5.25 Å². The van der Waals surface area contributed by atoms with Crippen molar-refractivity contribution in [2.45, 2.75) is 19.1 Å². The van der Waals surface area contributed by atoms with E-state index < -0.39 is 0 Å². The molecule has 2 rings (SSSR count). The predicted molar refractivity (Wildman–Crippen MR) is 70.7 cm³/mol. The second kappa shape index (κ2) is 4.78. The molecule has 1 aromatic rings. The number of benzene rings is 1. The second-order valence-electron chi connectivity index (χ2n) is 3.88. The van der Waals surface area contributed by atoms with Gasteiger partial charge in [0, 0.05) is 10.9 Å². The van der Waals surface area contributed by atoms with Crippen molar-refractivity contribution in [2.75, 3.05) is 19.0 Å². The first-order valence-corrected chi connectivity index (χ1v) is 6.20. The molecule has 1 aromatic carbocycles. The lowest BCUT2D eigenvalue weighted by atomic mass is 10.2. The van der Waals surface area contributed by atoms with E-state index in [2.05, 4.69) is 24.2 Å². The Morgan fingerprint density at radius 3 is 2.88 bits per heavy atom.